The molecule has 0 heterocycles. The van der Waals surface area contributed by atoms with Crippen LogP contribution in [0.3, 0.4) is 0 Å². The van der Waals surface area contributed by atoms with Gasteiger partial charge in [-0.2, -0.15) is 4.31 Å². The molecular weight excluding hydrogens is 342 g/mol. The van der Waals surface area contributed by atoms with Crippen LogP contribution in [-0.2, 0) is 24.2 Å². The Hall–Kier alpha value is -0.210. The third-order valence-electron chi connectivity index (χ3n) is 3.87. The van der Waals surface area contributed by atoms with Crippen molar-refractivity contribution < 1.29 is 22.6 Å². The zero-order valence-electron chi connectivity index (χ0n) is 16.9. The largest absolute Gasteiger partial charge is 0.382 e. The predicted molar refractivity (Wildman–Crippen MR) is 105 cm³/mol. The first kappa shape index (κ1) is 27.0. The topological polar surface area (TPSA) is 65.1 Å². The Morgan fingerprint density at radius 1 is 1.04 bits per heavy atom. The second-order valence-electron chi connectivity index (χ2n) is 8.30. The second kappa shape index (κ2) is 10.8. The predicted octanol–water partition coefficient (Wildman–Crippen LogP) is 3.17. The summed E-state index contributed by atoms with van der Waals surface area (Å²) in [6.45, 7) is 15.5. The number of nitrogens with zero attached hydrogens (tertiary/aromatic N) is 1. The molecule has 0 radical (unpaired) electrons. The van der Waals surface area contributed by atoms with Crippen LogP contribution in [0.1, 0.15) is 55.9 Å². The monoisotopic (exact) mass is 383 g/mol. The van der Waals surface area contributed by atoms with Gasteiger partial charge in [0.1, 0.15) is 0 Å². The van der Waals surface area contributed by atoms with E-state index in [4.69, 9.17) is 14.2 Å². The minimum Gasteiger partial charge on any atom is -0.382 e. The van der Waals surface area contributed by atoms with E-state index in [1.807, 2.05) is 27.7 Å². The van der Waals surface area contributed by atoms with Gasteiger partial charge in [-0.15, -0.1) is 0 Å². The maximum Gasteiger partial charge on any atom is 0.211 e. The smallest absolute Gasteiger partial charge is 0.211 e. The Morgan fingerprint density at radius 3 is 1.92 bits per heavy atom. The van der Waals surface area contributed by atoms with Crippen molar-refractivity contribution in [3.8, 4) is 0 Å². The molecule has 0 rings (SSSR count). The molecule has 0 amide bonds. The molecule has 154 valence electrons. The van der Waals surface area contributed by atoms with Crippen molar-refractivity contribution in [2.75, 3.05) is 39.7 Å². The molecule has 0 saturated heterocycles. The minimum atomic E-state index is -3.35. The zero-order valence-corrected chi connectivity index (χ0v) is 17.7. The standard InChI is InChI=1S/C17H37NO5S.CH4/c1-14(16(2,3)4)23-15(13-22-11-10-21-8)12-18(17(5,6)7)24(9,19)20;/h14-15H,10-13H2,1-9H3;1H4/t14-,15-;/m0./s1. The van der Waals surface area contributed by atoms with Gasteiger partial charge in [-0.1, -0.05) is 28.2 Å². The van der Waals surface area contributed by atoms with Crippen LogP contribution in [0.25, 0.3) is 0 Å². The molecule has 0 aliphatic heterocycles. The van der Waals surface area contributed by atoms with E-state index in [1.165, 1.54) is 10.6 Å². The van der Waals surface area contributed by atoms with E-state index >= 15 is 0 Å². The van der Waals surface area contributed by atoms with Crippen LogP contribution in [0.15, 0.2) is 0 Å². The zero-order chi connectivity index (χ0) is 19.2. The Morgan fingerprint density at radius 2 is 1.56 bits per heavy atom. The van der Waals surface area contributed by atoms with Crippen molar-refractivity contribution in [3.63, 3.8) is 0 Å². The molecule has 6 nitrogen and oxygen atoms in total. The van der Waals surface area contributed by atoms with Gasteiger partial charge in [0, 0.05) is 19.2 Å². The fourth-order valence-electron chi connectivity index (χ4n) is 2.08. The molecule has 0 aliphatic rings. The summed E-state index contributed by atoms with van der Waals surface area (Å²) < 4.78 is 42.6. The van der Waals surface area contributed by atoms with Crippen molar-refractivity contribution in [1.82, 2.24) is 4.31 Å². The van der Waals surface area contributed by atoms with E-state index < -0.39 is 15.6 Å². The van der Waals surface area contributed by atoms with Gasteiger partial charge in [-0.3, -0.25) is 0 Å². The van der Waals surface area contributed by atoms with Crippen LogP contribution in [0.4, 0.5) is 0 Å². The van der Waals surface area contributed by atoms with Crippen LogP contribution in [0.2, 0.25) is 0 Å². The first-order valence-corrected chi connectivity index (χ1v) is 10.2. The Bertz CT molecular complexity index is 451. The molecule has 0 fully saturated rings. The molecule has 0 aromatic rings. The summed E-state index contributed by atoms with van der Waals surface area (Å²) in [7, 11) is -1.74. The molecular formula is C18H41NO5S. The van der Waals surface area contributed by atoms with Crippen molar-refractivity contribution in [1.29, 1.82) is 0 Å². The number of methoxy groups -OCH3 is 1. The van der Waals surface area contributed by atoms with Crippen molar-refractivity contribution in [2.24, 2.45) is 5.41 Å². The summed E-state index contributed by atoms with van der Waals surface area (Å²) in [6.07, 6.45) is 0.855. The Labute approximate surface area is 156 Å². The molecule has 0 unspecified atom stereocenters. The molecule has 0 aliphatic carbocycles. The van der Waals surface area contributed by atoms with Gasteiger partial charge in [-0.05, 0) is 33.1 Å². The summed E-state index contributed by atoms with van der Waals surface area (Å²) in [5.41, 5.74) is -0.560. The van der Waals surface area contributed by atoms with Gasteiger partial charge in [0.25, 0.3) is 0 Å². The van der Waals surface area contributed by atoms with E-state index in [-0.39, 0.29) is 31.6 Å². The molecule has 2 atom stereocenters. The normalized spacial score (nSPS) is 15.8. The third-order valence-corrected chi connectivity index (χ3v) is 5.37. The lowest BCUT2D eigenvalue weighted by atomic mass is 9.90. The third kappa shape index (κ3) is 11.2. The van der Waals surface area contributed by atoms with Crippen LogP contribution in [-0.4, -0.2) is 70.2 Å². The Kier molecular flexibility index (Phi) is 11.7. The first-order chi connectivity index (χ1) is 10.7. The van der Waals surface area contributed by atoms with E-state index in [2.05, 4.69) is 20.8 Å². The van der Waals surface area contributed by atoms with Crippen molar-refractivity contribution in [3.05, 3.63) is 0 Å². The van der Waals surface area contributed by atoms with Gasteiger partial charge in [-0.25, -0.2) is 8.42 Å². The molecule has 25 heavy (non-hydrogen) atoms. The molecule has 0 saturated carbocycles. The Balaban J connectivity index is 0. The summed E-state index contributed by atoms with van der Waals surface area (Å²) in [6, 6.07) is 0. The molecule has 0 bridgehead atoms. The van der Waals surface area contributed by atoms with Gasteiger partial charge in [0.05, 0.1) is 38.3 Å². The SMILES string of the molecule is C.COCCOC[C@H](CN(C(C)(C)C)S(C)(=O)=O)O[C@@H](C)C(C)(C)C. The maximum atomic E-state index is 12.2. The molecule has 0 N–H and O–H groups in total. The lowest BCUT2D eigenvalue weighted by Crippen LogP contribution is -2.51. The fourth-order valence-corrected chi connectivity index (χ4v) is 3.51. The van der Waals surface area contributed by atoms with Crippen LogP contribution < -0.4 is 0 Å². The highest BCUT2D eigenvalue weighted by Crippen LogP contribution is 2.25. The van der Waals surface area contributed by atoms with E-state index in [9.17, 15) is 8.42 Å². The lowest BCUT2D eigenvalue weighted by Gasteiger charge is -2.38. The average Bonchev–Trinajstić information content (AvgIpc) is 2.36. The lowest BCUT2D eigenvalue weighted by molar-refractivity contribution is -0.0975. The van der Waals surface area contributed by atoms with E-state index in [0.29, 0.717) is 19.8 Å². The highest BCUT2D eigenvalue weighted by Gasteiger charge is 2.34. The van der Waals surface area contributed by atoms with Crippen LogP contribution >= 0.6 is 0 Å². The second-order valence-corrected chi connectivity index (χ2v) is 10.2. The minimum absolute atomic E-state index is 0. The van der Waals surface area contributed by atoms with Gasteiger partial charge < -0.3 is 14.2 Å². The summed E-state index contributed by atoms with van der Waals surface area (Å²) in [4.78, 5) is 0. The number of hydrogen-bond donors (Lipinski definition) is 0. The first-order valence-electron chi connectivity index (χ1n) is 8.39. The molecule has 0 aromatic heterocycles. The molecule has 7 heteroatoms. The summed E-state index contributed by atoms with van der Waals surface area (Å²) in [5.74, 6) is 0. The van der Waals surface area contributed by atoms with Gasteiger partial charge >= 0.3 is 0 Å². The van der Waals surface area contributed by atoms with Crippen LogP contribution in [0, 0.1) is 5.41 Å². The number of rotatable bonds is 10. The summed E-state index contributed by atoms with van der Waals surface area (Å²) >= 11 is 0. The molecule has 0 aromatic carbocycles. The van der Waals surface area contributed by atoms with Gasteiger partial charge in [0.15, 0.2) is 0 Å². The number of sulfonamides is 1. The van der Waals surface area contributed by atoms with Crippen molar-refractivity contribution in [2.45, 2.75) is 73.6 Å². The number of hydrogen-bond acceptors (Lipinski definition) is 5. The fraction of sp³-hybridized carbons (Fsp3) is 1.00. The van der Waals surface area contributed by atoms with Gasteiger partial charge in [0.2, 0.25) is 10.0 Å². The maximum absolute atomic E-state index is 12.2. The highest BCUT2D eigenvalue weighted by atomic mass is 32.2. The highest BCUT2D eigenvalue weighted by molar-refractivity contribution is 7.88. The van der Waals surface area contributed by atoms with E-state index in [1.54, 1.807) is 7.11 Å². The average molecular weight is 384 g/mol. The number of ether oxygens (including phenoxy) is 3. The van der Waals surface area contributed by atoms with Crippen molar-refractivity contribution >= 4 is 10.0 Å². The quantitative estimate of drug-likeness (QED) is 0.542. The summed E-state index contributed by atoms with van der Waals surface area (Å²) in [5, 5.41) is 0. The van der Waals surface area contributed by atoms with E-state index in [0.717, 1.165) is 0 Å². The molecule has 0 spiro atoms. The van der Waals surface area contributed by atoms with Crippen LogP contribution in [0.5, 0.6) is 0 Å².